The molecule has 0 radical (unpaired) electrons. The third kappa shape index (κ3) is 6.73. The van der Waals surface area contributed by atoms with E-state index in [2.05, 4.69) is 0 Å². The Morgan fingerprint density at radius 3 is 2.29 bits per heavy atom. The van der Waals surface area contributed by atoms with Crippen LogP contribution in [0.2, 0.25) is 0 Å². The van der Waals surface area contributed by atoms with E-state index in [0.29, 0.717) is 17.7 Å². The second-order valence-electron chi connectivity index (χ2n) is 5.28. The first-order valence-corrected chi connectivity index (χ1v) is 9.02. The van der Waals surface area contributed by atoms with E-state index in [9.17, 15) is 13.2 Å². The number of rotatable bonds is 8. The summed E-state index contributed by atoms with van der Waals surface area (Å²) in [6.45, 7) is 0.823. The minimum Gasteiger partial charge on any atom is -0.396 e. The predicted molar refractivity (Wildman–Crippen MR) is 82.9 cm³/mol. The first-order chi connectivity index (χ1) is 9.83. The summed E-state index contributed by atoms with van der Waals surface area (Å²) >= 11 is 0. The lowest BCUT2D eigenvalue weighted by Gasteiger charge is -2.17. The molecule has 0 aliphatic rings. The van der Waals surface area contributed by atoms with Gasteiger partial charge in [-0.2, -0.15) is 0 Å². The maximum atomic E-state index is 12.2. The van der Waals surface area contributed by atoms with Gasteiger partial charge < -0.3 is 10.0 Å². The fourth-order valence-electron chi connectivity index (χ4n) is 2.01. The number of carbonyl (C=O) groups is 1. The average Bonchev–Trinajstić information content (AvgIpc) is 2.41. The van der Waals surface area contributed by atoms with Crippen molar-refractivity contribution in [1.82, 2.24) is 4.90 Å². The van der Waals surface area contributed by atoms with Crippen LogP contribution < -0.4 is 0 Å². The molecule has 0 bridgehead atoms. The third-order valence-electron chi connectivity index (χ3n) is 3.13. The van der Waals surface area contributed by atoms with Crippen molar-refractivity contribution in [3.63, 3.8) is 0 Å². The van der Waals surface area contributed by atoms with Crippen LogP contribution in [0.25, 0.3) is 0 Å². The number of carbonyl (C=O) groups excluding carboxylic acids is 1. The quantitative estimate of drug-likeness (QED) is 0.737. The van der Waals surface area contributed by atoms with Crippen molar-refractivity contribution in [2.24, 2.45) is 0 Å². The maximum Gasteiger partial charge on any atom is 0.253 e. The van der Waals surface area contributed by atoms with Gasteiger partial charge in [0.1, 0.15) is 0 Å². The molecular formula is C15H23NO4S. The molecule has 1 N–H and O–H groups in total. The Balaban J connectivity index is 2.58. The first-order valence-electron chi connectivity index (χ1n) is 6.96. The monoisotopic (exact) mass is 313 g/mol. The lowest BCUT2D eigenvalue weighted by molar-refractivity contribution is 0.0792. The number of hydrogen-bond donors (Lipinski definition) is 1. The molecule has 0 spiro atoms. The molecule has 0 heterocycles. The van der Waals surface area contributed by atoms with Crippen LogP contribution in [0.4, 0.5) is 0 Å². The van der Waals surface area contributed by atoms with Gasteiger partial charge in [-0.1, -0.05) is 12.1 Å². The van der Waals surface area contributed by atoms with Gasteiger partial charge in [0.05, 0.1) is 5.75 Å². The Kier molecular flexibility index (Phi) is 6.84. The Morgan fingerprint density at radius 1 is 1.14 bits per heavy atom. The Bertz CT molecular complexity index is 552. The lowest BCUT2D eigenvalue weighted by Crippen LogP contribution is -2.27. The molecule has 0 unspecified atom stereocenters. The summed E-state index contributed by atoms with van der Waals surface area (Å²) in [4.78, 5) is 13.8. The number of aliphatic hydroxyl groups is 1. The van der Waals surface area contributed by atoms with Gasteiger partial charge in [-0.05, 0) is 37.0 Å². The highest BCUT2D eigenvalue weighted by Gasteiger charge is 2.12. The van der Waals surface area contributed by atoms with Gasteiger partial charge in [-0.25, -0.2) is 8.42 Å². The molecule has 0 aliphatic carbocycles. The molecule has 0 aliphatic heterocycles. The Hall–Kier alpha value is -1.40. The van der Waals surface area contributed by atoms with E-state index >= 15 is 0 Å². The highest BCUT2D eigenvalue weighted by molar-refractivity contribution is 7.89. The Morgan fingerprint density at radius 2 is 1.76 bits per heavy atom. The fourth-order valence-corrected chi connectivity index (χ4v) is 2.80. The van der Waals surface area contributed by atoms with Gasteiger partial charge in [0.15, 0.2) is 9.84 Å². The SMILES string of the molecule is CN(CCCCCO)C(=O)c1ccc(CS(C)(=O)=O)cc1. The van der Waals surface area contributed by atoms with Crippen LogP contribution in [-0.4, -0.2) is 50.8 Å². The zero-order valence-electron chi connectivity index (χ0n) is 12.6. The average molecular weight is 313 g/mol. The number of unbranched alkanes of at least 4 members (excludes halogenated alkanes) is 2. The van der Waals surface area contributed by atoms with Crippen LogP contribution in [-0.2, 0) is 15.6 Å². The van der Waals surface area contributed by atoms with E-state index in [4.69, 9.17) is 5.11 Å². The minimum atomic E-state index is -3.06. The summed E-state index contributed by atoms with van der Waals surface area (Å²) in [5.41, 5.74) is 1.23. The van der Waals surface area contributed by atoms with Crippen molar-refractivity contribution in [2.45, 2.75) is 25.0 Å². The summed E-state index contributed by atoms with van der Waals surface area (Å²) in [6, 6.07) is 6.67. The van der Waals surface area contributed by atoms with E-state index in [1.165, 1.54) is 6.26 Å². The van der Waals surface area contributed by atoms with Crippen molar-refractivity contribution in [3.8, 4) is 0 Å². The van der Waals surface area contributed by atoms with Crippen LogP contribution >= 0.6 is 0 Å². The molecule has 0 aromatic heterocycles. The molecule has 21 heavy (non-hydrogen) atoms. The van der Waals surface area contributed by atoms with Crippen molar-refractivity contribution in [1.29, 1.82) is 0 Å². The van der Waals surface area contributed by atoms with Crippen LogP contribution in [0.3, 0.4) is 0 Å². The molecule has 1 aromatic rings. The van der Waals surface area contributed by atoms with Crippen molar-refractivity contribution < 1.29 is 18.3 Å². The largest absolute Gasteiger partial charge is 0.396 e. The van der Waals surface area contributed by atoms with Gasteiger partial charge in [0, 0.05) is 32.0 Å². The van der Waals surface area contributed by atoms with E-state index in [-0.39, 0.29) is 18.3 Å². The second kappa shape index (κ2) is 8.14. The van der Waals surface area contributed by atoms with E-state index in [0.717, 1.165) is 19.3 Å². The number of nitrogens with zero attached hydrogens (tertiary/aromatic N) is 1. The summed E-state index contributed by atoms with van der Waals surface area (Å²) in [5, 5.41) is 8.70. The number of benzene rings is 1. The predicted octanol–water partition coefficient (Wildman–Crippen LogP) is 1.47. The molecule has 0 saturated carbocycles. The fraction of sp³-hybridized carbons (Fsp3) is 0.533. The van der Waals surface area contributed by atoms with Gasteiger partial charge in [0.25, 0.3) is 5.91 Å². The highest BCUT2D eigenvalue weighted by atomic mass is 32.2. The molecule has 1 amide bonds. The standard InChI is InChI=1S/C15H23NO4S/c1-16(10-4-3-5-11-17)15(18)14-8-6-13(7-9-14)12-21(2,19)20/h6-9,17H,3-5,10-12H2,1-2H3. The van der Waals surface area contributed by atoms with Gasteiger partial charge >= 0.3 is 0 Å². The highest BCUT2D eigenvalue weighted by Crippen LogP contribution is 2.10. The summed E-state index contributed by atoms with van der Waals surface area (Å²) in [6.07, 6.45) is 3.69. The summed E-state index contributed by atoms with van der Waals surface area (Å²) in [5.74, 6) is -0.0942. The van der Waals surface area contributed by atoms with Crippen LogP contribution in [0, 0.1) is 0 Å². The molecule has 0 saturated heterocycles. The van der Waals surface area contributed by atoms with E-state index < -0.39 is 9.84 Å². The van der Waals surface area contributed by atoms with Crippen LogP contribution in [0.15, 0.2) is 24.3 Å². The van der Waals surface area contributed by atoms with Crippen molar-refractivity contribution >= 4 is 15.7 Å². The number of hydrogen-bond acceptors (Lipinski definition) is 4. The van der Waals surface area contributed by atoms with E-state index in [1.807, 2.05) is 0 Å². The van der Waals surface area contributed by atoms with Crippen molar-refractivity contribution in [2.75, 3.05) is 26.5 Å². The molecule has 1 rings (SSSR count). The molecule has 1 aromatic carbocycles. The van der Waals surface area contributed by atoms with Gasteiger partial charge in [-0.15, -0.1) is 0 Å². The van der Waals surface area contributed by atoms with Crippen LogP contribution in [0.1, 0.15) is 35.2 Å². The molecule has 0 fully saturated rings. The molecule has 6 heteroatoms. The zero-order chi connectivity index (χ0) is 15.9. The van der Waals surface area contributed by atoms with Gasteiger partial charge in [0.2, 0.25) is 0 Å². The molecule has 5 nitrogen and oxygen atoms in total. The summed E-state index contributed by atoms with van der Waals surface area (Å²) in [7, 11) is -1.32. The van der Waals surface area contributed by atoms with Gasteiger partial charge in [-0.3, -0.25) is 4.79 Å². The van der Waals surface area contributed by atoms with Crippen LogP contribution in [0.5, 0.6) is 0 Å². The van der Waals surface area contributed by atoms with Crippen molar-refractivity contribution in [3.05, 3.63) is 35.4 Å². The Labute approximate surface area is 126 Å². The number of sulfone groups is 1. The first kappa shape index (κ1) is 17.7. The number of aliphatic hydroxyl groups excluding tert-OH is 1. The lowest BCUT2D eigenvalue weighted by atomic mass is 10.1. The zero-order valence-corrected chi connectivity index (χ0v) is 13.4. The normalized spacial score (nSPS) is 11.4. The molecule has 0 atom stereocenters. The van der Waals surface area contributed by atoms with E-state index in [1.54, 1.807) is 36.2 Å². The molecular weight excluding hydrogens is 290 g/mol. The maximum absolute atomic E-state index is 12.2. The topological polar surface area (TPSA) is 74.7 Å². The second-order valence-corrected chi connectivity index (χ2v) is 7.42. The minimum absolute atomic E-state index is 0.0154. The smallest absolute Gasteiger partial charge is 0.253 e. The number of amides is 1. The third-order valence-corrected chi connectivity index (χ3v) is 3.99. The molecule has 118 valence electrons. The summed E-state index contributed by atoms with van der Waals surface area (Å²) < 4.78 is 22.4.